The normalized spacial score (nSPS) is 10.4. The number of halogens is 2. The number of nitrogens with two attached hydrogens (primary N) is 1. The second-order valence-corrected chi connectivity index (χ2v) is 3.69. The van der Waals surface area contributed by atoms with Crippen LogP contribution in [-0.2, 0) is 6.54 Å². The van der Waals surface area contributed by atoms with Crippen LogP contribution < -0.4 is 11.1 Å². The van der Waals surface area contributed by atoms with Crippen molar-refractivity contribution in [3.63, 3.8) is 0 Å². The fourth-order valence-corrected chi connectivity index (χ4v) is 1.45. The molecule has 1 heterocycles. The van der Waals surface area contributed by atoms with E-state index in [-0.39, 0.29) is 5.02 Å². The lowest BCUT2D eigenvalue weighted by molar-refractivity contribution is 0.629. The van der Waals surface area contributed by atoms with Gasteiger partial charge in [0.25, 0.3) is 0 Å². The van der Waals surface area contributed by atoms with Crippen molar-refractivity contribution in [1.29, 1.82) is 0 Å². The number of rotatable bonds is 3. The van der Waals surface area contributed by atoms with E-state index in [1.807, 2.05) is 0 Å². The topological polar surface area (TPSA) is 66.7 Å². The SMILES string of the molecule is Nc1cc(F)c(Cl)cc1NCc1cnc[nH]1. The molecule has 16 heavy (non-hydrogen) atoms. The first-order valence-electron chi connectivity index (χ1n) is 4.62. The number of aromatic amines is 1. The van der Waals surface area contributed by atoms with Crippen LogP contribution in [0.5, 0.6) is 0 Å². The number of H-pyrrole nitrogens is 1. The largest absolute Gasteiger partial charge is 0.397 e. The first kappa shape index (κ1) is 10.8. The highest BCUT2D eigenvalue weighted by atomic mass is 35.5. The lowest BCUT2D eigenvalue weighted by Gasteiger charge is -2.09. The van der Waals surface area contributed by atoms with Crippen molar-refractivity contribution in [2.75, 3.05) is 11.1 Å². The van der Waals surface area contributed by atoms with Gasteiger partial charge in [0, 0.05) is 12.3 Å². The molecule has 0 saturated carbocycles. The molecule has 2 rings (SSSR count). The van der Waals surface area contributed by atoms with E-state index in [4.69, 9.17) is 17.3 Å². The Morgan fingerprint density at radius 1 is 1.50 bits per heavy atom. The summed E-state index contributed by atoms with van der Waals surface area (Å²) < 4.78 is 13.0. The number of benzene rings is 1. The van der Waals surface area contributed by atoms with E-state index >= 15 is 0 Å². The van der Waals surface area contributed by atoms with Crippen LogP contribution in [0.25, 0.3) is 0 Å². The minimum Gasteiger partial charge on any atom is -0.397 e. The summed E-state index contributed by atoms with van der Waals surface area (Å²) in [4.78, 5) is 6.81. The molecule has 0 bridgehead atoms. The number of nitrogens with zero attached hydrogens (tertiary/aromatic N) is 1. The molecule has 1 aromatic carbocycles. The molecule has 0 radical (unpaired) electrons. The molecular formula is C10H10ClFN4. The van der Waals surface area contributed by atoms with Gasteiger partial charge in [-0.25, -0.2) is 9.37 Å². The third kappa shape index (κ3) is 2.25. The Hall–Kier alpha value is -1.75. The Bertz CT molecular complexity index is 484. The standard InChI is InChI=1S/C10H10ClFN4/c11-7-1-10(9(13)2-8(7)12)15-4-6-3-14-5-16-6/h1-3,5,15H,4,13H2,(H,14,16). The van der Waals surface area contributed by atoms with Crippen molar-refractivity contribution in [3.05, 3.63) is 41.2 Å². The number of nitrogens with one attached hydrogen (secondary N) is 2. The maximum atomic E-state index is 13.0. The highest BCUT2D eigenvalue weighted by molar-refractivity contribution is 6.31. The van der Waals surface area contributed by atoms with Crippen LogP contribution in [0.2, 0.25) is 5.02 Å². The van der Waals surface area contributed by atoms with E-state index < -0.39 is 5.82 Å². The van der Waals surface area contributed by atoms with Gasteiger partial charge >= 0.3 is 0 Å². The number of hydrogen-bond acceptors (Lipinski definition) is 3. The summed E-state index contributed by atoms with van der Waals surface area (Å²) in [5.41, 5.74) is 7.46. The molecule has 0 atom stereocenters. The smallest absolute Gasteiger partial charge is 0.143 e. The van der Waals surface area contributed by atoms with Crippen LogP contribution in [0.1, 0.15) is 5.69 Å². The molecule has 0 saturated heterocycles. The minimum atomic E-state index is -0.522. The predicted molar refractivity (Wildman–Crippen MR) is 61.7 cm³/mol. The Labute approximate surface area is 96.6 Å². The van der Waals surface area contributed by atoms with Crippen LogP contribution in [-0.4, -0.2) is 9.97 Å². The van der Waals surface area contributed by atoms with Crippen molar-refractivity contribution in [1.82, 2.24) is 9.97 Å². The average molecular weight is 241 g/mol. The summed E-state index contributed by atoms with van der Waals surface area (Å²) >= 11 is 5.66. The van der Waals surface area contributed by atoms with Crippen LogP contribution in [0.15, 0.2) is 24.7 Å². The fraction of sp³-hybridized carbons (Fsp3) is 0.100. The van der Waals surface area contributed by atoms with Gasteiger partial charge in [-0.3, -0.25) is 0 Å². The van der Waals surface area contributed by atoms with Gasteiger partial charge in [-0.05, 0) is 6.07 Å². The lowest BCUT2D eigenvalue weighted by atomic mass is 10.2. The van der Waals surface area contributed by atoms with Crippen molar-refractivity contribution >= 4 is 23.0 Å². The van der Waals surface area contributed by atoms with Gasteiger partial charge in [0.05, 0.1) is 35.0 Å². The highest BCUT2D eigenvalue weighted by Gasteiger charge is 2.06. The monoisotopic (exact) mass is 240 g/mol. The molecule has 0 aliphatic heterocycles. The molecule has 2 aromatic rings. The molecule has 4 N–H and O–H groups in total. The Morgan fingerprint density at radius 3 is 3.00 bits per heavy atom. The summed E-state index contributed by atoms with van der Waals surface area (Å²) in [7, 11) is 0. The molecule has 0 spiro atoms. The molecule has 84 valence electrons. The van der Waals surface area contributed by atoms with Crippen LogP contribution in [0, 0.1) is 5.82 Å². The van der Waals surface area contributed by atoms with Crippen molar-refractivity contribution in [2.24, 2.45) is 0 Å². The number of nitrogen functional groups attached to an aromatic ring is 1. The molecular weight excluding hydrogens is 231 g/mol. The van der Waals surface area contributed by atoms with E-state index in [1.165, 1.54) is 12.1 Å². The Morgan fingerprint density at radius 2 is 2.31 bits per heavy atom. The van der Waals surface area contributed by atoms with Gasteiger partial charge in [-0.1, -0.05) is 11.6 Å². The van der Waals surface area contributed by atoms with Gasteiger partial charge < -0.3 is 16.0 Å². The first-order valence-corrected chi connectivity index (χ1v) is 5.00. The van der Waals surface area contributed by atoms with Crippen LogP contribution in [0.4, 0.5) is 15.8 Å². The summed E-state index contributed by atoms with van der Waals surface area (Å²) in [6.07, 6.45) is 3.27. The lowest BCUT2D eigenvalue weighted by Crippen LogP contribution is -2.03. The first-order chi connectivity index (χ1) is 7.66. The number of anilines is 2. The van der Waals surface area contributed by atoms with Gasteiger partial charge in [0.2, 0.25) is 0 Å². The zero-order valence-corrected chi connectivity index (χ0v) is 9.05. The quantitative estimate of drug-likeness (QED) is 0.722. The number of aromatic nitrogens is 2. The van der Waals surface area contributed by atoms with E-state index in [0.29, 0.717) is 17.9 Å². The maximum Gasteiger partial charge on any atom is 0.143 e. The second-order valence-electron chi connectivity index (χ2n) is 3.28. The van der Waals surface area contributed by atoms with Crippen LogP contribution in [0.3, 0.4) is 0 Å². The molecule has 6 heteroatoms. The molecule has 4 nitrogen and oxygen atoms in total. The molecule has 0 unspecified atom stereocenters. The summed E-state index contributed by atoms with van der Waals surface area (Å²) in [5, 5.41) is 3.08. The Balaban J connectivity index is 2.12. The number of hydrogen-bond donors (Lipinski definition) is 3. The zero-order chi connectivity index (χ0) is 11.5. The third-order valence-corrected chi connectivity index (χ3v) is 2.41. The van der Waals surface area contributed by atoms with E-state index in [9.17, 15) is 4.39 Å². The molecule has 0 fully saturated rings. The Kier molecular flexibility index (Phi) is 2.96. The van der Waals surface area contributed by atoms with Crippen molar-refractivity contribution in [3.8, 4) is 0 Å². The predicted octanol–water partition coefficient (Wildman–Crippen LogP) is 2.40. The summed E-state index contributed by atoms with van der Waals surface area (Å²) in [6, 6.07) is 2.65. The van der Waals surface area contributed by atoms with Gasteiger partial charge in [0.15, 0.2) is 0 Å². The van der Waals surface area contributed by atoms with Crippen molar-refractivity contribution in [2.45, 2.75) is 6.54 Å². The van der Waals surface area contributed by atoms with Gasteiger partial charge in [-0.15, -0.1) is 0 Å². The molecule has 0 aliphatic carbocycles. The molecule has 0 amide bonds. The maximum absolute atomic E-state index is 13.0. The third-order valence-electron chi connectivity index (χ3n) is 2.12. The van der Waals surface area contributed by atoms with Gasteiger partial charge in [-0.2, -0.15) is 0 Å². The second kappa shape index (κ2) is 4.40. The van der Waals surface area contributed by atoms with E-state index in [1.54, 1.807) is 12.5 Å². The molecule has 0 aliphatic rings. The van der Waals surface area contributed by atoms with E-state index in [0.717, 1.165) is 5.69 Å². The molecule has 1 aromatic heterocycles. The number of imidazole rings is 1. The zero-order valence-electron chi connectivity index (χ0n) is 8.30. The minimum absolute atomic E-state index is 0.0429. The average Bonchev–Trinajstić information content (AvgIpc) is 2.74. The van der Waals surface area contributed by atoms with Crippen molar-refractivity contribution < 1.29 is 4.39 Å². The van der Waals surface area contributed by atoms with Gasteiger partial charge in [0.1, 0.15) is 5.82 Å². The fourth-order valence-electron chi connectivity index (χ4n) is 1.29. The summed E-state index contributed by atoms with van der Waals surface area (Å²) in [6.45, 7) is 0.520. The summed E-state index contributed by atoms with van der Waals surface area (Å²) in [5.74, 6) is -0.522. The van der Waals surface area contributed by atoms with Crippen LogP contribution >= 0.6 is 11.6 Å². The van der Waals surface area contributed by atoms with E-state index in [2.05, 4.69) is 15.3 Å². The highest BCUT2D eigenvalue weighted by Crippen LogP contribution is 2.26.